The molecule has 0 radical (unpaired) electrons. The van der Waals surface area contributed by atoms with E-state index in [1.807, 2.05) is 6.92 Å². The Morgan fingerprint density at radius 3 is 2.95 bits per heavy atom. The molecule has 104 valence electrons. The van der Waals surface area contributed by atoms with Crippen LogP contribution in [0, 0.1) is 0 Å². The van der Waals surface area contributed by atoms with Crippen LogP contribution in [0.5, 0.6) is 0 Å². The summed E-state index contributed by atoms with van der Waals surface area (Å²) in [6.07, 6.45) is 5.31. The van der Waals surface area contributed by atoms with E-state index in [1.54, 1.807) is 22.6 Å². The van der Waals surface area contributed by atoms with E-state index in [1.165, 1.54) is 12.6 Å². The van der Waals surface area contributed by atoms with Crippen LogP contribution in [-0.4, -0.2) is 54.3 Å². The summed E-state index contributed by atoms with van der Waals surface area (Å²) >= 11 is 0. The molecule has 3 rings (SSSR count). The van der Waals surface area contributed by atoms with Crippen molar-refractivity contribution in [1.29, 1.82) is 0 Å². The monoisotopic (exact) mass is 281 g/mol. The lowest BCUT2D eigenvalue weighted by molar-refractivity contribution is 0.117. The third-order valence-corrected chi connectivity index (χ3v) is 6.08. The number of aromatic nitrogens is 1. The van der Waals surface area contributed by atoms with Crippen LogP contribution in [0.2, 0.25) is 0 Å². The number of fused-ring (bicyclic) bond motifs is 1. The van der Waals surface area contributed by atoms with Gasteiger partial charge < -0.3 is 0 Å². The maximum Gasteiger partial charge on any atom is 0.244 e. The smallest absolute Gasteiger partial charge is 0.244 e. The van der Waals surface area contributed by atoms with Crippen molar-refractivity contribution < 1.29 is 8.42 Å². The summed E-state index contributed by atoms with van der Waals surface area (Å²) in [5.74, 6) is 0. The maximum atomic E-state index is 12.7. The highest BCUT2D eigenvalue weighted by Crippen LogP contribution is 2.28. The fourth-order valence-electron chi connectivity index (χ4n) is 3.13. The van der Waals surface area contributed by atoms with E-state index in [4.69, 9.17) is 0 Å². The third-order valence-electron chi connectivity index (χ3n) is 4.12. The van der Waals surface area contributed by atoms with Gasteiger partial charge in [0.1, 0.15) is 4.90 Å². The van der Waals surface area contributed by atoms with Crippen LogP contribution in [0.1, 0.15) is 19.8 Å². The zero-order valence-electron chi connectivity index (χ0n) is 11.1. The van der Waals surface area contributed by atoms with Crippen LogP contribution >= 0.6 is 0 Å². The molecule has 3 heterocycles. The summed E-state index contributed by atoms with van der Waals surface area (Å²) < 4.78 is 27.0. The molecule has 19 heavy (non-hydrogen) atoms. The van der Waals surface area contributed by atoms with E-state index in [9.17, 15) is 8.42 Å². The quantitative estimate of drug-likeness (QED) is 0.809. The van der Waals surface area contributed by atoms with E-state index >= 15 is 0 Å². The van der Waals surface area contributed by atoms with Crippen LogP contribution in [0.15, 0.2) is 29.4 Å². The molecule has 2 saturated heterocycles. The molecule has 1 aromatic heterocycles. The van der Waals surface area contributed by atoms with E-state index in [0.29, 0.717) is 17.5 Å². The highest BCUT2D eigenvalue weighted by Gasteiger charge is 2.40. The lowest BCUT2D eigenvalue weighted by atomic mass is 10.1. The van der Waals surface area contributed by atoms with Crippen molar-refractivity contribution in [3.8, 4) is 0 Å². The van der Waals surface area contributed by atoms with E-state index < -0.39 is 10.0 Å². The van der Waals surface area contributed by atoms with Crippen molar-refractivity contribution in [3.63, 3.8) is 0 Å². The average Bonchev–Trinajstić information content (AvgIpc) is 2.85. The number of piperazine rings is 1. The molecule has 2 aliphatic heterocycles. The summed E-state index contributed by atoms with van der Waals surface area (Å²) in [5, 5.41) is 0. The number of rotatable bonds is 2. The van der Waals surface area contributed by atoms with Crippen molar-refractivity contribution in [2.45, 2.75) is 36.7 Å². The van der Waals surface area contributed by atoms with E-state index in [0.717, 1.165) is 19.5 Å². The number of sulfonamides is 1. The second-order valence-corrected chi connectivity index (χ2v) is 7.29. The number of hydrogen-bond acceptors (Lipinski definition) is 4. The van der Waals surface area contributed by atoms with Gasteiger partial charge in [-0.05, 0) is 38.4 Å². The molecule has 2 atom stereocenters. The fourth-order valence-corrected chi connectivity index (χ4v) is 4.75. The molecule has 0 amide bonds. The molecule has 0 saturated carbocycles. The molecule has 6 heteroatoms. The van der Waals surface area contributed by atoms with Crippen molar-refractivity contribution in [3.05, 3.63) is 24.5 Å². The molecule has 2 aliphatic rings. The summed E-state index contributed by atoms with van der Waals surface area (Å²) in [6.45, 7) is 4.54. The van der Waals surface area contributed by atoms with Crippen LogP contribution in [0.4, 0.5) is 0 Å². The van der Waals surface area contributed by atoms with Crippen molar-refractivity contribution >= 4 is 10.0 Å². The highest BCUT2D eigenvalue weighted by atomic mass is 32.2. The Morgan fingerprint density at radius 1 is 1.37 bits per heavy atom. The second kappa shape index (κ2) is 4.85. The lowest BCUT2D eigenvalue weighted by Crippen LogP contribution is -2.56. The van der Waals surface area contributed by atoms with Gasteiger partial charge in [0, 0.05) is 37.6 Å². The Kier molecular flexibility index (Phi) is 3.32. The van der Waals surface area contributed by atoms with Gasteiger partial charge >= 0.3 is 0 Å². The number of pyridine rings is 1. The van der Waals surface area contributed by atoms with Gasteiger partial charge in [-0.3, -0.25) is 9.88 Å². The SMILES string of the molecule is CC1CN2CCCC2CN1S(=O)(=O)c1cccnc1. The largest absolute Gasteiger partial charge is 0.297 e. The molecule has 2 unspecified atom stereocenters. The first kappa shape index (κ1) is 13.0. The van der Waals surface area contributed by atoms with Crippen LogP contribution in [0.3, 0.4) is 0 Å². The topological polar surface area (TPSA) is 53.5 Å². The normalized spacial score (nSPS) is 29.3. The van der Waals surface area contributed by atoms with Gasteiger partial charge in [-0.2, -0.15) is 4.31 Å². The third kappa shape index (κ3) is 2.28. The standard InChI is InChI=1S/C13H19N3O2S/c1-11-9-15-7-3-4-12(15)10-16(11)19(17,18)13-5-2-6-14-8-13/h2,5-6,8,11-12H,3-4,7,9-10H2,1H3. The molecule has 0 N–H and O–H groups in total. The molecule has 1 aromatic rings. The predicted octanol–water partition coefficient (Wildman–Crippen LogP) is 0.939. The summed E-state index contributed by atoms with van der Waals surface area (Å²) in [7, 11) is -3.41. The Bertz CT molecular complexity index is 546. The molecule has 2 fully saturated rings. The summed E-state index contributed by atoms with van der Waals surface area (Å²) in [4.78, 5) is 6.64. The van der Waals surface area contributed by atoms with Gasteiger partial charge in [0.2, 0.25) is 10.0 Å². The van der Waals surface area contributed by atoms with Gasteiger partial charge in [0.05, 0.1) is 0 Å². The van der Waals surface area contributed by atoms with E-state index in [2.05, 4.69) is 9.88 Å². The minimum absolute atomic E-state index is 0.0274. The van der Waals surface area contributed by atoms with Crippen molar-refractivity contribution in [2.24, 2.45) is 0 Å². The van der Waals surface area contributed by atoms with Crippen LogP contribution < -0.4 is 0 Å². The number of nitrogens with zero attached hydrogens (tertiary/aromatic N) is 3. The Labute approximate surface area is 114 Å². The van der Waals surface area contributed by atoms with Gasteiger partial charge in [-0.25, -0.2) is 8.42 Å². The van der Waals surface area contributed by atoms with Crippen molar-refractivity contribution in [1.82, 2.24) is 14.2 Å². The predicted molar refractivity (Wildman–Crippen MR) is 72.2 cm³/mol. The molecule has 0 spiro atoms. The number of hydrogen-bond donors (Lipinski definition) is 0. The molecule has 0 aromatic carbocycles. The Hall–Kier alpha value is -0.980. The molecular weight excluding hydrogens is 262 g/mol. The second-order valence-electron chi connectivity index (χ2n) is 5.40. The Balaban J connectivity index is 1.89. The highest BCUT2D eigenvalue weighted by molar-refractivity contribution is 7.89. The lowest BCUT2D eigenvalue weighted by Gasteiger charge is -2.41. The van der Waals surface area contributed by atoms with E-state index in [-0.39, 0.29) is 6.04 Å². The minimum Gasteiger partial charge on any atom is -0.297 e. The fraction of sp³-hybridized carbons (Fsp3) is 0.615. The molecular formula is C13H19N3O2S. The van der Waals surface area contributed by atoms with Gasteiger partial charge in [-0.1, -0.05) is 0 Å². The van der Waals surface area contributed by atoms with Crippen LogP contribution in [-0.2, 0) is 10.0 Å². The maximum absolute atomic E-state index is 12.7. The van der Waals surface area contributed by atoms with Gasteiger partial charge in [0.25, 0.3) is 0 Å². The van der Waals surface area contributed by atoms with Gasteiger partial charge in [-0.15, -0.1) is 0 Å². The van der Waals surface area contributed by atoms with Crippen molar-refractivity contribution in [2.75, 3.05) is 19.6 Å². The first-order valence-corrected chi connectivity index (χ1v) is 8.19. The summed E-state index contributed by atoms with van der Waals surface area (Å²) in [6, 6.07) is 3.71. The zero-order chi connectivity index (χ0) is 13.5. The van der Waals surface area contributed by atoms with Gasteiger partial charge in [0.15, 0.2) is 0 Å². The molecule has 0 bridgehead atoms. The molecule has 0 aliphatic carbocycles. The van der Waals surface area contributed by atoms with Crippen LogP contribution in [0.25, 0.3) is 0 Å². The first-order chi connectivity index (χ1) is 9.09. The first-order valence-electron chi connectivity index (χ1n) is 6.75. The average molecular weight is 281 g/mol. The minimum atomic E-state index is -3.41. The summed E-state index contributed by atoms with van der Waals surface area (Å²) in [5.41, 5.74) is 0. The zero-order valence-corrected chi connectivity index (χ0v) is 11.9. The Morgan fingerprint density at radius 2 is 2.21 bits per heavy atom. The molecule has 5 nitrogen and oxygen atoms in total.